The van der Waals surface area contributed by atoms with Gasteiger partial charge in [0.2, 0.25) is 11.8 Å². The maximum absolute atomic E-state index is 13.6. The average molecular weight is 801 g/mol. The number of benzene rings is 3. The molecule has 4 amide bonds. The quantitative estimate of drug-likeness (QED) is 0.0452. The number of aliphatic hydroxyl groups excluding tert-OH is 1. The van der Waals surface area contributed by atoms with Gasteiger partial charge in [-0.15, -0.1) is 0 Å². The van der Waals surface area contributed by atoms with Crippen LogP contribution in [0.2, 0.25) is 5.02 Å². The number of carbonyl (C=O) groups is 4. The van der Waals surface area contributed by atoms with Gasteiger partial charge in [0, 0.05) is 53.1 Å². The first kappa shape index (κ1) is 44.5. The second kappa shape index (κ2) is 22.5. The lowest BCUT2D eigenvalue weighted by molar-refractivity contribution is -0.128. The Labute approximate surface area is 340 Å². The van der Waals surface area contributed by atoms with Gasteiger partial charge in [0.25, 0.3) is 11.8 Å². The van der Waals surface area contributed by atoms with Gasteiger partial charge < -0.3 is 36.4 Å². The van der Waals surface area contributed by atoms with Crippen molar-refractivity contribution in [1.82, 2.24) is 26.3 Å². The van der Waals surface area contributed by atoms with E-state index < -0.39 is 30.0 Å². The smallest absolute Gasteiger partial charge is 0.251 e. The largest absolute Gasteiger partial charge is 0.457 e. The molecular formula is C44H57ClN6O6. The summed E-state index contributed by atoms with van der Waals surface area (Å²) in [7, 11) is 0. The third-order valence-electron chi connectivity index (χ3n) is 9.67. The number of pyridine rings is 1. The Bertz CT molecular complexity index is 1920. The third kappa shape index (κ3) is 14.0. The summed E-state index contributed by atoms with van der Waals surface area (Å²) in [5.41, 5.74) is 2.61. The number of hydrogen-bond donors (Lipinski definition) is 6. The number of nitrogens with one attached hydrogen (secondary N) is 5. The van der Waals surface area contributed by atoms with E-state index in [1.54, 1.807) is 54.7 Å². The van der Waals surface area contributed by atoms with Crippen molar-refractivity contribution in [2.45, 2.75) is 91.3 Å². The number of ether oxygens (including phenoxy) is 1. The number of carbonyl (C=O) groups excluding carboxylic acids is 4. The van der Waals surface area contributed by atoms with E-state index >= 15 is 0 Å². The Morgan fingerprint density at radius 2 is 1.44 bits per heavy atom. The summed E-state index contributed by atoms with van der Waals surface area (Å²) in [6, 6.07) is 19.3. The number of rotatable bonds is 22. The van der Waals surface area contributed by atoms with Gasteiger partial charge in [0.05, 0.1) is 24.1 Å². The van der Waals surface area contributed by atoms with Crippen LogP contribution in [0.25, 0.3) is 10.9 Å². The lowest BCUT2D eigenvalue weighted by Gasteiger charge is -2.30. The highest BCUT2D eigenvalue weighted by molar-refractivity contribution is 6.31. The van der Waals surface area contributed by atoms with E-state index in [1.807, 2.05) is 58.9 Å². The molecule has 0 saturated carbocycles. The number of fused-ring (bicyclic) bond motifs is 1. The Morgan fingerprint density at radius 3 is 2.07 bits per heavy atom. The van der Waals surface area contributed by atoms with Gasteiger partial charge in [-0.3, -0.25) is 24.2 Å². The van der Waals surface area contributed by atoms with E-state index in [0.717, 1.165) is 29.4 Å². The van der Waals surface area contributed by atoms with Gasteiger partial charge in [-0.05, 0) is 104 Å². The molecule has 4 rings (SSSR count). The van der Waals surface area contributed by atoms with Gasteiger partial charge in [-0.1, -0.05) is 59.1 Å². The first-order valence-corrected chi connectivity index (χ1v) is 20.3. The van der Waals surface area contributed by atoms with E-state index in [9.17, 15) is 24.3 Å². The molecule has 0 radical (unpaired) electrons. The van der Waals surface area contributed by atoms with Crippen LogP contribution in [0.4, 0.5) is 5.69 Å². The zero-order valence-electron chi connectivity index (χ0n) is 33.6. The lowest BCUT2D eigenvalue weighted by Crippen LogP contribution is -2.55. The predicted molar refractivity (Wildman–Crippen MR) is 226 cm³/mol. The Kier molecular flexibility index (Phi) is 17.6. The molecule has 12 nitrogen and oxygen atoms in total. The number of aliphatic hydroxyl groups is 1. The normalized spacial score (nSPS) is 13.3. The number of amides is 4. The minimum Gasteiger partial charge on any atom is -0.457 e. The van der Waals surface area contributed by atoms with E-state index in [2.05, 4.69) is 31.6 Å². The first-order valence-electron chi connectivity index (χ1n) is 19.9. The molecule has 1 heterocycles. The summed E-state index contributed by atoms with van der Waals surface area (Å²) in [5.74, 6) is -0.351. The molecule has 3 aromatic carbocycles. The highest BCUT2D eigenvalue weighted by atomic mass is 35.5. The van der Waals surface area contributed by atoms with E-state index in [-0.39, 0.29) is 30.1 Å². The molecule has 1 aromatic heterocycles. The zero-order valence-corrected chi connectivity index (χ0v) is 34.3. The summed E-state index contributed by atoms with van der Waals surface area (Å²) in [4.78, 5) is 56.5. The Morgan fingerprint density at radius 1 is 0.789 bits per heavy atom. The van der Waals surface area contributed by atoms with Crippen LogP contribution in [0.3, 0.4) is 0 Å². The molecule has 0 spiro atoms. The second-order valence-corrected chi connectivity index (χ2v) is 15.2. The van der Waals surface area contributed by atoms with Gasteiger partial charge >= 0.3 is 0 Å². The summed E-state index contributed by atoms with van der Waals surface area (Å²) in [6.45, 7) is 11.5. The van der Waals surface area contributed by atoms with Gasteiger partial charge in [-0.25, -0.2) is 0 Å². The molecule has 0 aliphatic rings. The second-order valence-electron chi connectivity index (χ2n) is 14.8. The number of halogens is 1. The van der Waals surface area contributed by atoms with Crippen LogP contribution in [0.1, 0.15) is 93.9 Å². The van der Waals surface area contributed by atoms with Crippen LogP contribution >= 0.6 is 11.6 Å². The lowest BCUT2D eigenvalue weighted by atomic mass is 9.94. The van der Waals surface area contributed by atoms with Crippen molar-refractivity contribution in [1.29, 1.82) is 0 Å². The maximum Gasteiger partial charge on any atom is 0.251 e. The van der Waals surface area contributed by atoms with Gasteiger partial charge in [-0.2, -0.15) is 0 Å². The SMILES string of the molecule is CCCCNC(=O)C[C@H](O)[C@H](CC(C)C)NC(=O)[C@@H](NC(=O)c1ccc(Oc2ccc(C(=O)NCCCNc3ccnc4cc(Cl)ccc34)cc2)cc1)[C@@H](C)CC. The molecule has 4 atom stereocenters. The monoisotopic (exact) mass is 800 g/mol. The Hall–Kier alpha value is -5.20. The van der Waals surface area contributed by atoms with Crippen molar-refractivity contribution in [2.75, 3.05) is 25.0 Å². The molecule has 6 N–H and O–H groups in total. The van der Waals surface area contributed by atoms with Crippen LogP contribution < -0.4 is 31.3 Å². The Balaban J connectivity index is 1.26. The van der Waals surface area contributed by atoms with Crippen molar-refractivity contribution in [3.05, 3.63) is 95.1 Å². The standard InChI is InChI=1S/C44H57ClN6O6/c1-6-8-21-48-40(53)27-39(52)38(25-28(3)4)50-44(56)41(29(5)7-2)51-43(55)31-12-17-34(18-13-31)57-33-15-10-30(11-16-33)42(54)49-23-9-22-46-36-20-24-47-37-26-32(45)14-19-35(36)37/h10-20,24,26,28-29,38-39,41,52H,6-9,21-23,25,27H2,1-5H3,(H,46,47)(H,48,53)(H,49,54)(H,50,56)(H,51,55)/t29-,38-,39-,41-/m0/s1. The fourth-order valence-electron chi connectivity index (χ4n) is 6.20. The van der Waals surface area contributed by atoms with Crippen LogP contribution in [0.15, 0.2) is 79.0 Å². The number of aromatic nitrogens is 1. The first-order chi connectivity index (χ1) is 27.4. The van der Waals surface area contributed by atoms with Crippen LogP contribution in [-0.4, -0.2) is 71.5 Å². The molecule has 57 heavy (non-hydrogen) atoms. The number of nitrogens with zero attached hydrogens (tertiary/aromatic N) is 1. The highest BCUT2D eigenvalue weighted by Gasteiger charge is 2.31. The van der Waals surface area contributed by atoms with Gasteiger partial charge in [0.15, 0.2) is 0 Å². The van der Waals surface area contributed by atoms with Crippen molar-refractivity contribution in [2.24, 2.45) is 11.8 Å². The van der Waals surface area contributed by atoms with Crippen LogP contribution in [-0.2, 0) is 9.59 Å². The molecular weight excluding hydrogens is 744 g/mol. The average Bonchev–Trinajstić information content (AvgIpc) is 3.19. The zero-order chi connectivity index (χ0) is 41.3. The fraction of sp³-hybridized carbons (Fsp3) is 0.432. The van der Waals surface area contributed by atoms with Crippen molar-refractivity contribution < 1.29 is 29.0 Å². The summed E-state index contributed by atoms with van der Waals surface area (Å²) in [6.07, 6.45) is 4.13. The van der Waals surface area contributed by atoms with Crippen molar-refractivity contribution >= 4 is 51.8 Å². The van der Waals surface area contributed by atoms with Crippen LogP contribution in [0, 0.1) is 11.8 Å². The van der Waals surface area contributed by atoms with E-state index in [1.165, 1.54) is 0 Å². The fourth-order valence-corrected chi connectivity index (χ4v) is 6.37. The molecule has 0 aliphatic heterocycles. The van der Waals surface area contributed by atoms with Crippen molar-refractivity contribution in [3.8, 4) is 11.5 Å². The predicted octanol–water partition coefficient (Wildman–Crippen LogP) is 7.26. The number of anilines is 1. The van der Waals surface area contributed by atoms with Gasteiger partial charge in [0.1, 0.15) is 17.5 Å². The maximum atomic E-state index is 13.6. The molecule has 4 aromatic rings. The third-order valence-corrected chi connectivity index (χ3v) is 9.91. The number of unbranched alkanes of at least 4 members (excludes halogenated alkanes) is 1. The molecule has 13 heteroatoms. The highest BCUT2D eigenvalue weighted by Crippen LogP contribution is 2.25. The van der Waals surface area contributed by atoms with Crippen molar-refractivity contribution in [3.63, 3.8) is 0 Å². The molecule has 0 bridgehead atoms. The summed E-state index contributed by atoms with van der Waals surface area (Å²) in [5, 5.41) is 27.5. The van der Waals surface area contributed by atoms with Crippen LogP contribution in [0.5, 0.6) is 11.5 Å². The molecule has 306 valence electrons. The molecule has 0 fully saturated rings. The topological polar surface area (TPSA) is 171 Å². The molecule has 0 unspecified atom stereocenters. The number of hydrogen-bond acceptors (Lipinski definition) is 8. The minimum absolute atomic E-state index is 0.127. The molecule has 0 saturated heterocycles. The van der Waals surface area contributed by atoms with E-state index in [0.29, 0.717) is 66.5 Å². The van der Waals surface area contributed by atoms with E-state index in [4.69, 9.17) is 16.3 Å². The summed E-state index contributed by atoms with van der Waals surface area (Å²) >= 11 is 6.09. The summed E-state index contributed by atoms with van der Waals surface area (Å²) < 4.78 is 5.97. The minimum atomic E-state index is -1.08. The molecule has 0 aliphatic carbocycles.